The summed E-state index contributed by atoms with van der Waals surface area (Å²) in [5.74, 6) is 0. The van der Waals surface area contributed by atoms with Crippen LogP contribution in [0.5, 0.6) is 0 Å². The van der Waals surface area contributed by atoms with E-state index in [1.807, 2.05) is 6.92 Å². The molecule has 0 aliphatic rings. The lowest BCUT2D eigenvalue weighted by Gasteiger charge is -2.09. The lowest BCUT2D eigenvalue weighted by atomic mass is 10.1. The van der Waals surface area contributed by atoms with Gasteiger partial charge in [-0.3, -0.25) is 0 Å². The molecule has 0 bridgehead atoms. The highest BCUT2D eigenvalue weighted by molar-refractivity contribution is 7.89. The normalized spacial score (nSPS) is 11.7. The van der Waals surface area contributed by atoms with Crippen LogP contribution in [-0.4, -0.2) is 24.5 Å². The van der Waals surface area contributed by atoms with Crippen LogP contribution in [0.1, 0.15) is 12.5 Å². The van der Waals surface area contributed by atoms with E-state index in [-0.39, 0.29) is 4.90 Å². The molecule has 0 aliphatic heterocycles. The Labute approximate surface area is 118 Å². The van der Waals surface area contributed by atoms with Crippen molar-refractivity contribution in [2.45, 2.75) is 24.8 Å². The Kier molecular flexibility index (Phi) is 4.41. The predicted octanol–water partition coefficient (Wildman–Crippen LogP) is 1.01. The minimum Gasteiger partial charge on any atom is -0.398 e. The van der Waals surface area contributed by atoms with Gasteiger partial charge in [0.2, 0.25) is 10.0 Å². The van der Waals surface area contributed by atoms with E-state index in [0.29, 0.717) is 18.8 Å². The number of hydrogen-bond donors (Lipinski definition) is 2. The maximum atomic E-state index is 12.1. The molecule has 0 unspecified atom stereocenters. The SMILES string of the molecule is CCc1ccc(S(=O)(=O)NCCn2ccnc2)cc1N. The van der Waals surface area contributed by atoms with Crippen LogP contribution in [0.4, 0.5) is 5.69 Å². The Morgan fingerprint density at radius 3 is 2.80 bits per heavy atom. The molecule has 0 saturated heterocycles. The maximum absolute atomic E-state index is 12.1. The molecule has 0 radical (unpaired) electrons. The van der Waals surface area contributed by atoms with Crippen LogP contribution < -0.4 is 10.5 Å². The average Bonchev–Trinajstić information content (AvgIpc) is 2.91. The van der Waals surface area contributed by atoms with Gasteiger partial charge in [0, 0.05) is 31.2 Å². The lowest BCUT2D eigenvalue weighted by Crippen LogP contribution is -2.27. The Bertz CT molecular complexity index is 666. The van der Waals surface area contributed by atoms with Gasteiger partial charge in [-0.1, -0.05) is 13.0 Å². The topological polar surface area (TPSA) is 90.0 Å². The number of sulfonamides is 1. The monoisotopic (exact) mass is 294 g/mol. The number of anilines is 1. The molecule has 0 amide bonds. The van der Waals surface area contributed by atoms with Crippen molar-refractivity contribution in [1.82, 2.24) is 14.3 Å². The number of nitrogens with zero attached hydrogens (tertiary/aromatic N) is 2. The third-order valence-corrected chi connectivity index (χ3v) is 4.49. The van der Waals surface area contributed by atoms with Crippen molar-refractivity contribution in [3.63, 3.8) is 0 Å². The number of nitrogens with one attached hydrogen (secondary N) is 1. The van der Waals surface area contributed by atoms with Gasteiger partial charge in [0.15, 0.2) is 0 Å². The predicted molar refractivity (Wildman–Crippen MR) is 77.6 cm³/mol. The molecule has 1 aromatic carbocycles. The van der Waals surface area contributed by atoms with E-state index >= 15 is 0 Å². The smallest absolute Gasteiger partial charge is 0.240 e. The number of aromatic nitrogens is 2. The molecule has 2 rings (SSSR count). The summed E-state index contributed by atoms with van der Waals surface area (Å²) in [6.45, 7) is 2.80. The van der Waals surface area contributed by atoms with Gasteiger partial charge in [-0.2, -0.15) is 0 Å². The number of aryl methyl sites for hydroxylation is 1. The molecule has 0 saturated carbocycles. The largest absolute Gasteiger partial charge is 0.398 e. The molecule has 1 aromatic heterocycles. The summed E-state index contributed by atoms with van der Waals surface area (Å²) < 4.78 is 28.6. The number of nitrogens with two attached hydrogens (primary N) is 1. The molecular weight excluding hydrogens is 276 g/mol. The van der Waals surface area contributed by atoms with E-state index in [4.69, 9.17) is 5.73 Å². The van der Waals surface area contributed by atoms with Gasteiger partial charge in [0.25, 0.3) is 0 Å². The van der Waals surface area contributed by atoms with Crippen LogP contribution in [0.2, 0.25) is 0 Å². The van der Waals surface area contributed by atoms with E-state index in [2.05, 4.69) is 9.71 Å². The van der Waals surface area contributed by atoms with Crippen molar-refractivity contribution < 1.29 is 8.42 Å². The second kappa shape index (κ2) is 6.06. The molecule has 2 aromatic rings. The molecule has 0 fully saturated rings. The van der Waals surface area contributed by atoms with Gasteiger partial charge >= 0.3 is 0 Å². The molecular formula is C13H18N4O2S. The van der Waals surface area contributed by atoms with Gasteiger partial charge < -0.3 is 10.3 Å². The number of benzene rings is 1. The fraction of sp³-hybridized carbons (Fsp3) is 0.308. The first-order valence-electron chi connectivity index (χ1n) is 6.36. The van der Waals surface area contributed by atoms with Crippen molar-refractivity contribution in [2.24, 2.45) is 0 Å². The Morgan fingerprint density at radius 2 is 2.20 bits per heavy atom. The minimum absolute atomic E-state index is 0.192. The van der Waals surface area contributed by atoms with Gasteiger partial charge in [-0.05, 0) is 24.1 Å². The zero-order chi connectivity index (χ0) is 14.6. The quantitative estimate of drug-likeness (QED) is 0.778. The average molecular weight is 294 g/mol. The molecule has 108 valence electrons. The van der Waals surface area contributed by atoms with Crippen LogP contribution in [-0.2, 0) is 23.0 Å². The van der Waals surface area contributed by atoms with Gasteiger partial charge in [-0.15, -0.1) is 0 Å². The highest BCUT2D eigenvalue weighted by atomic mass is 32.2. The molecule has 0 atom stereocenters. The van der Waals surface area contributed by atoms with Crippen LogP contribution in [0.3, 0.4) is 0 Å². The second-order valence-electron chi connectivity index (χ2n) is 4.41. The van der Waals surface area contributed by atoms with Crippen molar-refractivity contribution in [3.05, 3.63) is 42.5 Å². The van der Waals surface area contributed by atoms with E-state index in [1.165, 1.54) is 6.07 Å². The zero-order valence-corrected chi connectivity index (χ0v) is 12.1. The molecule has 0 aliphatic carbocycles. The Balaban J connectivity index is 2.04. The van der Waals surface area contributed by atoms with Crippen LogP contribution >= 0.6 is 0 Å². The van der Waals surface area contributed by atoms with Gasteiger partial charge in [-0.25, -0.2) is 18.1 Å². The minimum atomic E-state index is -3.52. The first-order chi connectivity index (χ1) is 9.53. The molecule has 3 N–H and O–H groups in total. The summed E-state index contributed by atoms with van der Waals surface area (Å²) in [7, 11) is -3.52. The summed E-state index contributed by atoms with van der Waals surface area (Å²) in [6.07, 6.45) is 5.85. The van der Waals surface area contributed by atoms with Crippen molar-refractivity contribution in [1.29, 1.82) is 0 Å². The number of hydrogen-bond acceptors (Lipinski definition) is 4. The zero-order valence-electron chi connectivity index (χ0n) is 11.3. The maximum Gasteiger partial charge on any atom is 0.240 e. The fourth-order valence-corrected chi connectivity index (χ4v) is 2.93. The van der Waals surface area contributed by atoms with Crippen molar-refractivity contribution >= 4 is 15.7 Å². The van der Waals surface area contributed by atoms with Gasteiger partial charge in [0.1, 0.15) is 0 Å². The first-order valence-corrected chi connectivity index (χ1v) is 7.85. The Morgan fingerprint density at radius 1 is 1.40 bits per heavy atom. The van der Waals surface area contributed by atoms with E-state index in [1.54, 1.807) is 35.4 Å². The standard InChI is InChI=1S/C13H18N4O2S/c1-2-11-3-4-12(9-13(11)14)20(18,19)16-6-8-17-7-5-15-10-17/h3-5,7,9-10,16H,2,6,8,14H2,1H3. The highest BCUT2D eigenvalue weighted by Crippen LogP contribution is 2.18. The lowest BCUT2D eigenvalue weighted by molar-refractivity contribution is 0.573. The Hall–Kier alpha value is -1.86. The number of rotatable bonds is 6. The number of imidazole rings is 1. The van der Waals surface area contributed by atoms with Gasteiger partial charge in [0.05, 0.1) is 11.2 Å². The summed E-state index contributed by atoms with van der Waals surface area (Å²) in [5.41, 5.74) is 7.28. The molecule has 0 spiro atoms. The van der Waals surface area contributed by atoms with Crippen LogP contribution in [0.15, 0.2) is 41.8 Å². The summed E-state index contributed by atoms with van der Waals surface area (Å²) >= 11 is 0. The summed E-state index contributed by atoms with van der Waals surface area (Å²) in [4.78, 5) is 4.09. The number of nitrogen functional groups attached to an aromatic ring is 1. The molecule has 7 heteroatoms. The molecule has 6 nitrogen and oxygen atoms in total. The third-order valence-electron chi connectivity index (χ3n) is 3.03. The van der Waals surface area contributed by atoms with Crippen molar-refractivity contribution in [3.8, 4) is 0 Å². The summed E-state index contributed by atoms with van der Waals surface area (Å²) in [5, 5.41) is 0. The molecule has 1 heterocycles. The fourth-order valence-electron chi connectivity index (χ4n) is 1.87. The van der Waals surface area contributed by atoms with E-state index in [9.17, 15) is 8.42 Å². The summed E-state index contributed by atoms with van der Waals surface area (Å²) in [6, 6.07) is 4.83. The van der Waals surface area contributed by atoms with E-state index < -0.39 is 10.0 Å². The van der Waals surface area contributed by atoms with Crippen molar-refractivity contribution in [2.75, 3.05) is 12.3 Å². The van der Waals surface area contributed by atoms with Crippen LogP contribution in [0, 0.1) is 0 Å². The highest BCUT2D eigenvalue weighted by Gasteiger charge is 2.14. The second-order valence-corrected chi connectivity index (χ2v) is 6.18. The van der Waals surface area contributed by atoms with Crippen LogP contribution in [0.25, 0.3) is 0 Å². The first kappa shape index (κ1) is 14.5. The van der Waals surface area contributed by atoms with E-state index in [0.717, 1.165) is 12.0 Å². The molecule has 20 heavy (non-hydrogen) atoms. The third kappa shape index (κ3) is 3.37.